The molecule has 0 radical (unpaired) electrons. The first-order valence-corrected chi connectivity index (χ1v) is 6.11. The molecule has 4 nitrogen and oxygen atoms in total. The lowest BCUT2D eigenvalue weighted by Gasteiger charge is -2.16. The van der Waals surface area contributed by atoms with E-state index in [-0.39, 0.29) is 12.6 Å². The van der Waals surface area contributed by atoms with Crippen molar-refractivity contribution in [3.63, 3.8) is 0 Å². The Hall–Kier alpha value is -1.53. The number of rotatable bonds is 5. The topological polar surface area (TPSA) is 50.1 Å². The van der Waals surface area contributed by atoms with Crippen LogP contribution in [0.1, 0.15) is 18.8 Å². The highest BCUT2D eigenvalue weighted by molar-refractivity contribution is 5.75. The van der Waals surface area contributed by atoms with E-state index < -0.39 is 12.5 Å². The van der Waals surface area contributed by atoms with Crippen LogP contribution in [-0.2, 0) is 7.05 Å². The Balaban J connectivity index is 2.13. The number of aliphatic hydroxyl groups excluding tert-OH is 1. The molecule has 0 saturated carbocycles. The maximum Gasteiger partial charge on any atom is 0.265 e. The van der Waals surface area contributed by atoms with Crippen LogP contribution in [0.25, 0.3) is 11.0 Å². The molecule has 0 aliphatic rings. The maximum atomic E-state index is 12.2. The number of fused-ring (bicyclic) bond motifs is 1. The lowest BCUT2D eigenvalue weighted by atomic mass is 10.3. The summed E-state index contributed by atoms with van der Waals surface area (Å²) in [5.74, 6) is 0.752. The number of alkyl halides is 2. The summed E-state index contributed by atoms with van der Waals surface area (Å²) in [4.78, 5) is 4.47. The van der Waals surface area contributed by atoms with E-state index in [0.717, 1.165) is 16.9 Å². The number of hydrogen-bond acceptors (Lipinski definition) is 3. The van der Waals surface area contributed by atoms with E-state index >= 15 is 0 Å². The lowest BCUT2D eigenvalue weighted by molar-refractivity contribution is -0.00453. The summed E-state index contributed by atoms with van der Waals surface area (Å²) < 4.78 is 26.4. The largest absolute Gasteiger partial charge is 0.386 e. The Labute approximate surface area is 110 Å². The molecule has 19 heavy (non-hydrogen) atoms. The quantitative estimate of drug-likeness (QED) is 0.871. The van der Waals surface area contributed by atoms with Gasteiger partial charge in [0.1, 0.15) is 11.9 Å². The molecule has 0 aliphatic carbocycles. The Morgan fingerprint density at radius 2 is 2.05 bits per heavy atom. The Morgan fingerprint density at radius 1 is 1.37 bits per heavy atom. The van der Waals surface area contributed by atoms with E-state index in [2.05, 4.69) is 10.3 Å². The second-order valence-corrected chi connectivity index (χ2v) is 4.55. The molecule has 0 bridgehead atoms. The molecule has 0 saturated heterocycles. The van der Waals surface area contributed by atoms with Gasteiger partial charge in [-0.3, -0.25) is 0 Å². The van der Waals surface area contributed by atoms with Gasteiger partial charge < -0.3 is 15.0 Å². The van der Waals surface area contributed by atoms with Crippen molar-refractivity contribution in [1.82, 2.24) is 14.9 Å². The Bertz CT molecular complexity index is 556. The number of halogens is 2. The van der Waals surface area contributed by atoms with Crippen LogP contribution >= 0.6 is 0 Å². The molecular formula is C13H17F2N3O. The van der Waals surface area contributed by atoms with Gasteiger partial charge in [0.2, 0.25) is 0 Å². The molecule has 2 aromatic rings. The van der Waals surface area contributed by atoms with E-state index in [1.807, 2.05) is 42.8 Å². The summed E-state index contributed by atoms with van der Waals surface area (Å²) in [5.41, 5.74) is 1.85. The van der Waals surface area contributed by atoms with Crippen molar-refractivity contribution in [1.29, 1.82) is 0 Å². The van der Waals surface area contributed by atoms with Crippen LogP contribution in [0.5, 0.6) is 0 Å². The standard InChI is InChI=1S/C13H17F2N3O/c1-8(16-7-11(19)12(14)15)13-17-9-5-3-4-6-10(9)18(13)2/h3-6,8,11-12,16,19H,7H2,1-2H3. The van der Waals surface area contributed by atoms with Crippen molar-refractivity contribution in [3.05, 3.63) is 30.1 Å². The van der Waals surface area contributed by atoms with E-state index in [4.69, 9.17) is 5.11 Å². The average Bonchev–Trinajstić information content (AvgIpc) is 2.73. The van der Waals surface area contributed by atoms with Crippen molar-refractivity contribution in [3.8, 4) is 0 Å². The van der Waals surface area contributed by atoms with Crippen LogP contribution in [0, 0.1) is 0 Å². The number of benzene rings is 1. The molecule has 2 unspecified atom stereocenters. The summed E-state index contributed by atoms with van der Waals surface area (Å²) >= 11 is 0. The van der Waals surface area contributed by atoms with Gasteiger partial charge in [-0.15, -0.1) is 0 Å². The summed E-state index contributed by atoms with van der Waals surface area (Å²) in [6.07, 6.45) is -4.39. The van der Waals surface area contributed by atoms with Gasteiger partial charge in [0.25, 0.3) is 6.43 Å². The molecule has 2 atom stereocenters. The second-order valence-electron chi connectivity index (χ2n) is 4.55. The normalized spacial score (nSPS) is 15.1. The first kappa shape index (κ1) is 13.9. The van der Waals surface area contributed by atoms with Crippen LogP contribution in [0.3, 0.4) is 0 Å². The molecule has 0 aliphatic heterocycles. The van der Waals surface area contributed by atoms with Crippen LogP contribution in [0.15, 0.2) is 24.3 Å². The highest BCUT2D eigenvalue weighted by atomic mass is 19.3. The minimum atomic E-state index is -2.74. The molecule has 1 heterocycles. The van der Waals surface area contributed by atoms with Crippen molar-refractivity contribution in [2.24, 2.45) is 7.05 Å². The van der Waals surface area contributed by atoms with Crippen LogP contribution in [0.2, 0.25) is 0 Å². The maximum absolute atomic E-state index is 12.2. The highest BCUT2D eigenvalue weighted by Crippen LogP contribution is 2.19. The summed E-state index contributed by atoms with van der Waals surface area (Å²) in [7, 11) is 1.88. The Kier molecular flexibility index (Phi) is 4.11. The van der Waals surface area contributed by atoms with Gasteiger partial charge in [0, 0.05) is 13.6 Å². The van der Waals surface area contributed by atoms with Gasteiger partial charge in [0.05, 0.1) is 17.1 Å². The van der Waals surface area contributed by atoms with Crippen molar-refractivity contribution in [2.75, 3.05) is 6.54 Å². The third-order valence-electron chi connectivity index (χ3n) is 3.13. The number of aliphatic hydroxyl groups is 1. The molecule has 0 spiro atoms. The smallest absolute Gasteiger partial charge is 0.265 e. The zero-order valence-corrected chi connectivity index (χ0v) is 10.8. The monoisotopic (exact) mass is 269 g/mol. The van der Waals surface area contributed by atoms with E-state index in [1.54, 1.807) is 0 Å². The second kappa shape index (κ2) is 5.63. The molecule has 104 valence electrons. The van der Waals surface area contributed by atoms with Gasteiger partial charge in [-0.25, -0.2) is 13.8 Å². The molecule has 0 amide bonds. The van der Waals surface area contributed by atoms with Gasteiger partial charge in [-0.2, -0.15) is 0 Å². The zero-order valence-electron chi connectivity index (χ0n) is 10.8. The van der Waals surface area contributed by atoms with E-state index in [1.165, 1.54) is 0 Å². The van der Waals surface area contributed by atoms with Crippen LogP contribution in [0.4, 0.5) is 8.78 Å². The predicted octanol–water partition coefficient (Wildman–Crippen LogP) is 1.85. The fraction of sp³-hybridized carbons (Fsp3) is 0.462. The number of nitrogens with one attached hydrogen (secondary N) is 1. The number of aryl methyl sites for hydroxylation is 1. The van der Waals surface area contributed by atoms with Gasteiger partial charge in [-0.1, -0.05) is 12.1 Å². The van der Waals surface area contributed by atoms with Gasteiger partial charge >= 0.3 is 0 Å². The predicted molar refractivity (Wildman–Crippen MR) is 69.1 cm³/mol. The summed E-state index contributed by atoms with van der Waals surface area (Å²) in [6, 6.07) is 7.46. The van der Waals surface area contributed by atoms with Crippen molar-refractivity contribution < 1.29 is 13.9 Å². The Morgan fingerprint density at radius 3 is 2.68 bits per heavy atom. The van der Waals surface area contributed by atoms with Crippen LogP contribution < -0.4 is 5.32 Å². The molecule has 2 N–H and O–H groups in total. The van der Waals surface area contributed by atoms with E-state index in [9.17, 15) is 8.78 Å². The number of imidazole rings is 1. The minimum absolute atomic E-state index is 0.165. The zero-order chi connectivity index (χ0) is 14.0. The molecular weight excluding hydrogens is 252 g/mol. The van der Waals surface area contributed by atoms with E-state index in [0.29, 0.717) is 0 Å². The number of para-hydroxylation sites is 2. The first-order valence-electron chi connectivity index (χ1n) is 6.11. The fourth-order valence-corrected chi connectivity index (χ4v) is 2.03. The number of aromatic nitrogens is 2. The first-order chi connectivity index (χ1) is 9.00. The molecule has 1 aromatic heterocycles. The fourth-order valence-electron chi connectivity index (χ4n) is 2.03. The average molecular weight is 269 g/mol. The summed E-state index contributed by atoms with van der Waals surface area (Å²) in [5, 5.41) is 12.0. The molecule has 2 rings (SSSR count). The highest BCUT2D eigenvalue weighted by Gasteiger charge is 2.19. The summed E-state index contributed by atoms with van der Waals surface area (Å²) in [6.45, 7) is 1.67. The molecule has 0 fully saturated rings. The van der Waals surface area contributed by atoms with Crippen molar-refractivity contribution in [2.45, 2.75) is 25.5 Å². The minimum Gasteiger partial charge on any atom is -0.386 e. The van der Waals surface area contributed by atoms with Gasteiger partial charge in [-0.05, 0) is 19.1 Å². The van der Waals surface area contributed by atoms with Crippen molar-refractivity contribution >= 4 is 11.0 Å². The molecule has 6 heteroatoms. The third-order valence-corrected chi connectivity index (χ3v) is 3.13. The lowest BCUT2D eigenvalue weighted by Crippen LogP contribution is -2.34. The molecule has 1 aromatic carbocycles. The van der Waals surface area contributed by atoms with Crippen LogP contribution in [-0.4, -0.2) is 33.7 Å². The third kappa shape index (κ3) is 2.90. The van der Waals surface area contributed by atoms with Gasteiger partial charge in [0.15, 0.2) is 0 Å². The number of hydrogen-bond donors (Lipinski definition) is 2. The number of nitrogens with zero attached hydrogens (tertiary/aromatic N) is 2. The SMILES string of the molecule is CC(NCC(O)C(F)F)c1nc2ccccc2n1C.